The minimum Gasteiger partial charge on any atom is -0.458 e. The van der Waals surface area contributed by atoms with Gasteiger partial charge in [-0.05, 0) is 12.1 Å². The summed E-state index contributed by atoms with van der Waals surface area (Å²) in [5.41, 5.74) is 5.94. The maximum atomic E-state index is 11.0. The molecule has 0 saturated heterocycles. The third kappa shape index (κ3) is 1.25. The van der Waals surface area contributed by atoms with E-state index < -0.39 is 5.91 Å². The van der Waals surface area contributed by atoms with Gasteiger partial charge in [0.25, 0.3) is 5.91 Å². The Morgan fingerprint density at radius 1 is 1.50 bits per heavy atom. The molecule has 0 bridgehead atoms. The lowest BCUT2D eigenvalue weighted by Crippen LogP contribution is -2.10. The molecule has 0 unspecified atom stereocenters. The Kier molecular flexibility index (Phi) is 1.98. The van der Waals surface area contributed by atoms with Crippen LogP contribution in [0.2, 0.25) is 0 Å². The molecule has 0 atom stereocenters. The molecular weight excluding hydrogens is 182 g/mol. The van der Waals surface area contributed by atoms with Crippen LogP contribution < -0.4 is 5.73 Å². The van der Waals surface area contributed by atoms with Crippen molar-refractivity contribution >= 4 is 16.9 Å². The summed E-state index contributed by atoms with van der Waals surface area (Å²) in [6, 6.07) is 6.79. The van der Waals surface area contributed by atoms with Crippen molar-refractivity contribution in [1.82, 2.24) is 0 Å². The second kappa shape index (κ2) is 3.16. The topological polar surface area (TPSA) is 76.5 Å². The fourth-order valence-electron chi connectivity index (χ4n) is 1.39. The molecule has 1 aromatic carbocycles. The molecule has 0 fully saturated rings. The van der Waals surface area contributed by atoms with Crippen molar-refractivity contribution in [2.75, 3.05) is 0 Å². The van der Waals surface area contributed by atoms with Gasteiger partial charge in [0.2, 0.25) is 0 Å². The molecule has 0 aliphatic heterocycles. The standard InChI is InChI=1S/C10H9NO3/c11-10(13)8-3-1-2-6-4-7(5-12)14-9(6)8/h1-4,12H,5H2,(H2,11,13). The summed E-state index contributed by atoms with van der Waals surface area (Å²) in [6.45, 7) is -0.188. The maximum Gasteiger partial charge on any atom is 0.252 e. The fourth-order valence-corrected chi connectivity index (χ4v) is 1.39. The molecule has 4 heteroatoms. The van der Waals surface area contributed by atoms with Crippen molar-refractivity contribution < 1.29 is 14.3 Å². The van der Waals surface area contributed by atoms with Gasteiger partial charge in [-0.3, -0.25) is 4.79 Å². The van der Waals surface area contributed by atoms with E-state index in [1.807, 2.05) is 0 Å². The summed E-state index contributed by atoms with van der Waals surface area (Å²) >= 11 is 0. The molecule has 0 saturated carbocycles. The number of benzene rings is 1. The number of aliphatic hydroxyl groups excluding tert-OH is 1. The molecule has 0 spiro atoms. The molecule has 1 amide bonds. The fraction of sp³-hybridized carbons (Fsp3) is 0.100. The van der Waals surface area contributed by atoms with E-state index >= 15 is 0 Å². The van der Waals surface area contributed by atoms with Crippen molar-refractivity contribution in [3.63, 3.8) is 0 Å². The first-order valence-electron chi connectivity index (χ1n) is 4.14. The number of para-hydroxylation sites is 1. The van der Waals surface area contributed by atoms with Gasteiger partial charge in [0, 0.05) is 5.39 Å². The highest BCUT2D eigenvalue weighted by atomic mass is 16.4. The lowest BCUT2D eigenvalue weighted by atomic mass is 10.1. The van der Waals surface area contributed by atoms with E-state index in [1.54, 1.807) is 24.3 Å². The SMILES string of the molecule is NC(=O)c1cccc2cc(CO)oc12. The molecule has 0 aliphatic rings. The summed E-state index contributed by atoms with van der Waals surface area (Å²) in [5, 5.41) is 9.63. The minimum atomic E-state index is -0.533. The second-order valence-corrected chi connectivity index (χ2v) is 2.96. The summed E-state index contributed by atoms with van der Waals surface area (Å²) < 4.78 is 5.26. The van der Waals surface area contributed by atoms with E-state index in [9.17, 15) is 4.79 Å². The largest absolute Gasteiger partial charge is 0.458 e. The third-order valence-corrected chi connectivity index (χ3v) is 2.02. The van der Waals surface area contributed by atoms with Gasteiger partial charge in [-0.2, -0.15) is 0 Å². The Hall–Kier alpha value is -1.81. The van der Waals surface area contributed by atoms with Gasteiger partial charge in [-0.15, -0.1) is 0 Å². The number of primary amides is 1. The van der Waals surface area contributed by atoms with Crippen molar-refractivity contribution in [2.24, 2.45) is 5.73 Å². The highest BCUT2D eigenvalue weighted by Gasteiger charge is 2.10. The van der Waals surface area contributed by atoms with Gasteiger partial charge in [-0.1, -0.05) is 12.1 Å². The Bertz CT molecular complexity index is 487. The summed E-state index contributed by atoms with van der Waals surface area (Å²) in [6.07, 6.45) is 0. The first-order valence-corrected chi connectivity index (χ1v) is 4.14. The summed E-state index contributed by atoms with van der Waals surface area (Å²) in [7, 11) is 0. The van der Waals surface area contributed by atoms with Crippen LogP contribution in [0, 0.1) is 0 Å². The Labute approximate surface area is 79.9 Å². The molecule has 14 heavy (non-hydrogen) atoms. The monoisotopic (exact) mass is 191 g/mol. The van der Waals surface area contributed by atoms with E-state index in [1.165, 1.54) is 0 Å². The molecular formula is C10H9NO3. The summed E-state index contributed by atoms with van der Waals surface area (Å²) in [4.78, 5) is 11.0. The predicted molar refractivity (Wildman–Crippen MR) is 50.7 cm³/mol. The zero-order valence-electron chi connectivity index (χ0n) is 7.36. The van der Waals surface area contributed by atoms with Crippen LogP contribution in [-0.2, 0) is 6.61 Å². The van der Waals surface area contributed by atoms with Crippen molar-refractivity contribution in [1.29, 1.82) is 0 Å². The Morgan fingerprint density at radius 2 is 2.29 bits per heavy atom. The zero-order chi connectivity index (χ0) is 10.1. The van der Waals surface area contributed by atoms with Crippen LogP contribution in [-0.4, -0.2) is 11.0 Å². The Balaban J connectivity index is 2.73. The predicted octanol–water partition coefficient (Wildman–Crippen LogP) is 1.02. The minimum absolute atomic E-state index is 0.188. The highest BCUT2D eigenvalue weighted by molar-refractivity contribution is 6.04. The lowest BCUT2D eigenvalue weighted by Gasteiger charge is -1.95. The van der Waals surface area contributed by atoms with Crippen molar-refractivity contribution in [3.8, 4) is 0 Å². The lowest BCUT2D eigenvalue weighted by molar-refractivity contribution is 0.100. The van der Waals surface area contributed by atoms with Gasteiger partial charge < -0.3 is 15.3 Å². The molecule has 2 aromatic rings. The van der Waals surface area contributed by atoms with Crippen LogP contribution in [0.25, 0.3) is 11.0 Å². The number of hydrogen-bond donors (Lipinski definition) is 2. The number of hydrogen-bond acceptors (Lipinski definition) is 3. The normalized spacial score (nSPS) is 10.6. The number of furan rings is 1. The van der Waals surface area contributed by atoms with Gasteiger partial charge in [0.15, 0.2) is 0 Å². The quantitative estimate of drug-likeness (QED) is 0.744. The van der Waals surface area contributed by atoms with E-state index in [2.05, 4.69) is 0 Å². The number of carbonyl (C=O) groups is 1. The van der Waals surface area contributed by atoms with Crippen LogP contribution in [0.5, 0.6) is 0 Å². The van der Waals surface area contributed by atoms with Gasteiger partial charge >= 0.3 is 0 Å². The number of rotatable bonds is 2. The van der Waals surface area contributed by atoms with Crippen LogP contribution in [0.1, 0.15) is 16.1 Å². The molecule has 0 aliphatic carbocycles. The first kappa shape index (κ1) is 8.77. The maximum absolute atomic E-state index is 11.0. The molecule has 3 N–H and O–H groups in total. The molecule has 2 rings (SSSR count). The van der Waals surface area contributed by atoms with E-state index in [0.717, 1.165) is 5.39 Å². The van der Waals surface area contributed by atoms with Gasteiger partial charge in [0.1, 0.15) is 18.0 Å². The number of carbonyl (C=O) groups excluding carboxylic acids is 1. The molecule has 1 heterocycles. The molecule has 4 nitrogen and oxygen atoms in total. The highest BCUT2D eigenvalue weighted by Crippen LogP contribution is 2.22. The molecule has 0 radical (unpaired) electrons. The van der Waals surface area contributed by atoms with Crippen LogP contribution in [0.4, 0.5) is 0 Å². The van der Waals surface area contributed by atoms with Crippen LogP contribution in [0.3, 0.4) is 0 Å². The van der Waals surface area contributed by atoms with E-state index in [0.29, 0.717) is 16.9 Å². The van der Waals surface area contributed by atoms with Crippen molar-refractivity contribution in [3.05, 3.63) is 35.6 Å². The average molecular weight is 191 g/mol. The average Bonchev–Trinajstić information content (AvgIpc) is 2.59. The number of aliphatic hydroxyl groups is 1. The van der Waals surface area contributed by atoms with E-state index in [-0.39, 0.29) is 6.61 Å². The van der Waals surface area contributed by atoms with Crippen LogP contribution in [0.15, 0.2) is 28.7 Å². The van der Waals surface area contributed by atoms with Crippen LogP contribution >= 0.6 is 0 Å². The number of fused-ring (bicyclic) bond motifs is 1. The zero-order valence-corrected chi connectivity index (χ0v) is 7.36. The van der Waals surface area contributed by atoms with E-state index in [4.69, 9.17) is 15.3 Å². The smallest absolute Gasteiger partial charge is 0.252 e. The van der Waals surface area contributed by atoms with Gasteiger partial charge in [-0.25, -0.2) is 0 Å². The van der Waals surface area contributed by atoms with Crippen molar-refractivity contribution in [2.45, 2.75) is 6.61 Å². The molecule has 1 aromatic heterocycles. The van der Waals surface area contributed by atoms with Gasteiger partial charge in [0.05, 0.1) is 5.56 Å². The summed E-state index contributed by atoms with van der Waals surface area (Å²) in [5.74, 6) is -0.108. The number of nitrogens with two attached hydrogens (primary N) is 1. The molecule has 72 valence electrons. The Morgan fingerprint density at radius 3 is 2.93 bits per heavy atom. The number of amides is 1. The third-order valence-electron chi connectivity index (χ3n) is 2.02. The second-order valence-electron chi connectivity index (χ2n) is 2.96. The first-order chi connectivity index (χ1) is 6.72.